The molecule has 6 heteroatoms. The Morgan fingerprint density at radius 2 is 2.21 bits per heavy atom. The number of nitrogens with one attached hydrogen (secondary N) is 1. The summed E-state index contributed by atoms with van der Waals surface area (Å²) in [6.45, 7) is 6.13. The fourth-order valence-electron chi connectivity index (χ4n) is 1.90. The van der Waals surface area contributed by atoms with Gasteiger partial charge in [-0.1, -0.05) is 13.8 Å². The topological polar surface area (TPSA) is 72.9 Å². The van der Waals surface area contributed by atoms with Gasteiger partial charge in [-0.2, -0.15) is 16.9 Å². The third-order valence-electron chi connectivity index (χ3n) is 2.99. The number of hydrogen-bond donors (Lipinski definition) is 2. The normalized spacial score (nSPS) is 12.4. The summed E-state index contributed by atoms with van der Waals surface area (Å²) in [5.41, 5.74) is 7.71. The van der Waals surface area contributed by atoms with Gasteiger partial charge >= 0.3 is 0 Å². The van der Waals surface area contributed by atoms with Crippen LogP contribution in [0.25, 0.3) is 0 Å². The number of aryl methyl sites for hydroxylation is 2. The molecule has 0 aliphatic carbocycles. The maximum Gasteiger partial charge on any atom is 0.271 e. The van der Waals surface area contributed by atoms with Gasteiger partial charge in [-0.25, -0.2) is 0 Å². The molecule has 19 heavy (non-hydrogen) atoms. The molecule has 1 amide bonds. The zero-order valence-electron chi connectivity index (χ0n) is 12.2. The number of nitrogen functional groups attached to an aromatic ring is 1. The van der Waals surface area contributed by atoms with Crippen molar-refractivity contribution in [2.24, 2.45) is 7.05 Å². The molecule has 0 saturated heterocycles. The van der Waals surface area contributed by atoms with Crippen molar-refractivity contribution in [2.75, 3.05) is 17.2 Å². The van der Waals surface area contributed by atoms with Crippen LogP contribution in [-0.4, -0.2) is 33.2 Å². The van der Waals surface area contributed by atoms with E-state index in [1.165, 1.54) is 0 Å². The van der Waals surface area contributed by atoms with E-state index in [0.29, 0.717) is 11.4 Å². The maximum atomic E-state index is 12.2. The average molecular weight is 284 g/mol. The van der Waals surface area contributed by atoms with Crippen molar-refractivity contribution in [3.63, 3.8) is 0 Å². The van der Waals surface area contributed by atoms with Crippen molar-refractivity contribution in [1.29, 1.82) is 0 Å². The minimum absolute atomic E-state index is 0.138. The Morgan fingerprint density at radius 1 is 1.53 bits per heavy atom. The van der Waals surface area contributed by atoms with Crippen LogP contribution in [0.3, 0.4) is 0 Å². The van der Waals surface area contributed by atoms with Gasteiger partial charge in [0.05, 0.1) is 11.4 Å². The highest BCUT2D eigenvalue weighted by Gasteiger charge is 2.20. The van der Waals surface area contributed by atoms with Crippen molar-refractivity contribution in [3.05, 3.63) is 11.4 Å². The Hall–Kier alpha value is -1.17. The second-order valence-corrected chi connectivity index (χ2v) is 5.94. The van der Waals surface area contributed by atoms with Gasteiger partial charge in [0, 0.05) is 13.1 Å². The minimum Gasteiger partial charge on any atom is -0.395 e. The Balaban J connectivity index is 2.65. The molecule has 3 N–H and O–H groups in total. The van der Waals surface area contributed by atoms with E-state index < -0.39 is 0 Å². The molecule has 5 nitrogen and oxygen atoms in total. The average Bonchev–Trinajstić information content (AvgIpc) is 2.64. The van der Waals surface area contributed by atoms with E-state index in [0.717, 1.165) is 30.0 Å². The molecule has 1 unspecified atom stereocenters. The smallest absolute Gasteiger partial charge is 0.271 e. The number of aromatic nitrogens is 2. The largest absolute Gasteiger partial charge is 0.395 e. The molecule has 108 valence electrons. The molecule has 1 aromatic heterocycles. The van der Waals surface area contributed by atoms with E-state index in [9.17, 15) is 4.79 Å². The molecule has 1 rings (SSSR count). The van der Waals surface area contributed by atoms with Crippen LogP contribution in [0.5, 0.6) is 0 Å². The molecule has 0 saturated carbocycles. The first-order valence-electron chi connectivity index (χ1n) is 6.71. The highest BCUT2D eigenvalue weighted by molar-refractivity contribution is 7.99. The number of carbonyl (C=O) groups is 1. The second kappa shape index (κ2) is 7.43. The fraction of sp³-hybridized carbons (Fsp3) is 0.692. The van der Waals surface area contributed by atoms with Crippen molar-refractivity contribution < 1.29 is 4.79 Å². The van der Waals surface area contributed by atoms with Crippen molar-refractivity contribution >= 4 is 23.4 Å². The highest BCUT2D eigenvalue weighted by Crippen LogP contribution is 2.17. The third-order valence-corrected chi connectivity index (χ3v) is 3.92. The number of hydrogen-bond acceptors (Lipinski definition) is 4. The monoisotopic (exact) mass is 284 g/mol. The molecular weight excluding hydrogens is 260 g/mol. The number of thioether (sulfide) groups is 1. The lowest BCUT2D eigenvalue weighted by Crippen LogP contribution is -2.34. The zero-order valence-corrected chi connectivity index (χ0v) is 13.0. The lowest BCUT2D eigenvalue weighted by atomic mass is 10.2. The van der Waals surface area contributed by atoms with Gasteiger partial charge < -0.3 is 11.1 Å². The number of carbonyl (C=O) groups excluding carboxylic acids is 1. The molecule has 1 atom stereocenters. The number of anilines is 1. The number of nitrogens with zero attached hydrogens (tertiary/aromatic N) is 2. The first-order chi connectivity index (χ1) is 9.01. The summed E-state index contributed by atoms with van der Waals surface area (Å²) < 4.78 is 1.57. The van der Waals surface area contributed by atoms with Crippen LogP contribution in [0.15, 0.2) is 0 Å². The maximum absolute atomic E-state index is 12.2. The van der Waals surface area contributed by atoms with Gasteiger partial charge in [0.2, 0.25) is 0 Å². The number of nitrogens with two attached hydrogens (primary N) is 1. The lowest BCUT2D eigenvalue weighted by Gasteiger charge is -2.13. The van der Waals surface area contributed by atoms with Crippen LogP contribution in [-0.2, 0) is 13.5 Å². The number of rotatable bonds is 7. The summed E-state index contributed by atoms with van der Waals surface area (Å²) in [5, 5.41) is 7.24. The third kappa shape index (κ3) is 4.16. The Kier molecular flexibility index (Phi) is 6.21. The van der Waals surface area contributed by atoms with E-state index in [2.05, 4.69) is 17.3 Å². The summed E-state index contributed by atoms with van der Waals surface area (Å²) in [7, 11) is 1.75. The standard InChI is InChI=1S/C13H24N4OS/c1-5-10-11(14)12(17(4)16-10)13(18)15-9(3)7-8-19-6-2/h9H,5-8,14H2,1-4H3,(H,15,18). The predicted molar refractivity (Wildman–Crippen MR) is 81.5 cm³/mol. The van der Waals surface area contributed by atoms with Crippen LogP contribution in [0, 0.1) is 0 Å². The second-order valence-electron chi connectivity index (χ2n) is 4.55. The van der Waals surface area contributed by atoms with E-state index in [1.54, 1.807) is 11.7 Å². The minimum atomic E-state index is -0.138. The van der Waals surface area contributed by atoms with Gasteiger partial charge in [-0.3, -0.25) is 9.48 Å². The SMILES string of the molecule is CCSCCC(C)NC(=O)c1c(N)c(CC)nn1C. The fourth-order valence-corrected chi connectivity index (χ4v) is 2.70. The molecule has 0 bridgehead atoms. The van der Waals surface area contributed by atoms with Gasteiger partial charge in [0.1, 0.15) is 5.69 Å². The van der Waals surface area contributed by atoms with Crippen LogP contribution in [0.4, 0.5) is 5.69 Å². The quantitative estimate of drug-likeness (QED) is 0.749. The summed E-state index contributed by atoms with van der Waals surface area (Å²) >= 11 is 1.88. The summed E-state index contributed by atoms with van der Waals surface area (Å²) in [4.78, 5) is 12.2. The van der Waals surface area contributed by atoms with Crippen LogP contribution < -0.4 is 11.1 Å². The van der Waals surface area contributed by atoms with Gasteiger partial charge in [0.25, 0.3) is 5.91 Å². The summed E-state index contributed by atoms with van der Waals surface area (Å²) in [5.74, 6) is 2.02. The molecule has 1 aromatic rings. The first kappa shape index (κ1) is 15.9. The van der Waals surface area contributed by atoms with Crippen LogP contribution in [0.1, 0.15) is 43.4 Å². The Labute approximate surface area is 119 Å². The summed E-state index contributed by atoms with van der Waals surface area (Å²) in [6, 6.07) is 0.144. The van der Waals surface area contributed by atoms with Crippen LogP contribution >= 0.6 is 11.8 Å². The summed E-state index contributed by atoms with van der Waals surface area (Å²) in [6.07, 6.45) is 1.69. The van der Waals surface area contributed by atoms with Crippen molar-refractivity contribution in [3.8, 4) is 0 Å². The molecule has 0 fully saturated rings. The molecular formula is C13H24N4OS. The van der Waals surface area contributed by atoms with Crippen molar-refractivity contribution in [2.45, 2.75) is 39.7 Å². The Bertz CT molecular complexity index is 431. The molecule has 0 aliphatic heterocycles. The zero-order chi connectivity index (χ0) is 14.4. The van der Waals surface area contributed by atoms with Gasteiger partial charge in [-0.15, -0.1) is 0 Å². The van der Waals surface area contributed by atoms with E-state index in [-0.39, 0.29) is 11.9 Å². The van der Waals surface area contributed by atoms with E-state index in [1.807, 2.05) is 25.6 Å². The van der Waals surface area contributed by atoms with Crippen LogP contribution in [0.2, 0.25) is 0 Å². The number of amides is 1. The molecule has 1 heterocycles. The molecule has 0 aromatic carbocycles. The van der Waals surface area contributed by atoms with E-state index >= 15 is 0 Å². The first-order valence-corrected chi connectivity index (χ1v) is 7.86. The Morgan fingerprint density at radius 3 is 2.74 bits per heavy atom. The van der Waals surface area contributed by atoms with Crippen molar-refractivity contribution in [1.82, 2.24) is 15.1 Å². The molecule has 0 aliphatic rings. The molecule has 0 spiro atoms. The van der Waals surface area contributed by atoms with Gasteiger partial charge in [0.15, 0.2) is 0 Å². The molecule has 0 radical (unpaired) electrons. The lowest BCUT2D eigenvalue weighted by molar-refractivity contribution is 0.0931. The predicted octanol–water partition coefficient (Wildman–Crippen LogP) is 1.83. The van der Waals surface area contributed by atoms with Gasteiger partial charge in [-0.05, 0) is 31.3 Å². The highest BCUT2D eigenvalue weighted by atomic mass is 32.2. The van der Waals surface area contributed by atoms with E-state index in [4.69, 9.17) is 5.73 Å².